The molecule has 0 bridgehead atoms. The molecule has 1 aliphatic rings. The summed E-state index contributed by atoms with van der Waals surface area (Å²) in [5, 5.41) is 2.79. The fraction of sp³-hybridized carbons (Fsp3) is 0.286. The van der Waals surface area contributed by atoms with Gasteiger partial charge in [0.2, 0.25) is 0 Å². The summed E-state index contributed by atoms with van der Waals surface area (Å²) in [5.41, 5.74) is 11.6. The highest BCUT2D eigenvalue weighted by Gasteiger charge is 2.28. The molecular weight excluding hydrogens is 464 g/mol. The Hall–Kier alpha value is -3.35. The van der Waals surface area contributed by atoms with Gasteiger partial charge in [-0.3, -0.25) is 4.79 Å². The number of rotatable bonds is 10. The number of hydrogen-bond acceptors (Lipinski definition) is 5. The number of carbonyl (C=O) groups excluding carboxylic acids is 2. The van der Waals surface area contributed by atoms with Gasteiger partial charge in [-0.1, -0.05) is 78.9 Å². The van der Waals surface area contributed by atoms with Crippen molar-refractivity contribution in [2.45, 2.75) is 37.8 Å². The zero-order chi connectivity index (χ0) is 23.8. The second-order valence-electron chi connectivity index (χ2n) is 8.45. The van der Waals surface area contributed by atoms with Crippen molar-refractivity contribution in [1.29, 1.82) is 0 Å². The van der Waals surface area contributed by atoms with Crippen LogP contribution in [0.15, 0.2) is 78.9 Å². The van der Waals surface area contributed by atoms with Crippen molar-refractivity contribution in [2.75, 3.05) is 13.2 Å². The lowest BCUT2D eigenvalue weighted by molar-refractivity contribution is -0.146. The average molecular weight is 495 g/mol. The van der Waals surface area contributed by atoms with Crippen LogP contribution in [-0.2, 0) is 20.9 Å². The molecule has 1 amide bonds. The molecule has 0 heterocycles. The number of fused-ring (bicyclic) bond motifs is 3. The monoisotopic (exact) mass is 494 g/mol. The van der Waals surface area contributed by atoms with Gasteiger partial charge in [-0.2, -0.15) is 0 Å². The Labute approximate surface area is 212 Å². The highest BCUT2D eigenvalue weighted by molar-refractivity contribution is 5.85. The Morgan fingerprint density at radius 2 is 1.43 bits per heavy atom. The van der Waals surface area contributed by atoms with E-state index in [1.165, 1.54) is 22.3 Å². The van der Waals surface area contributed by atoms with Gasteiger partial charge in [0.15, 0.2) is 0 Å². The van der Waals surface area contributed by atoms with E-state index in [-0.39, 0.29) is 31.5 Å². The summed E-state index contributed by atoms with van der Waals surface area (Å²) in [6, 6.07) is 25.3. The fourth-order valence-corrected chi connectivity index (χ4v) is 4.28. The zero-order valence-electron chi connectivity index (χ0n) is 19.5. The SMILES string of the molecule is Cl.N[C@@H](CCCCNC(=O)OCC1c2ccccc2-c2ccccc21)C(=O)OCc1ccccc1. The number of unbranched alkanes of at least 4 members (excludes halogenated alkanes) is 1. The number of alkyl carbamates (subject to hydrolysis) is 1. The third-order valence-electron chi connectivity index (χ3n) is 6.08. The number of benzene rings is 3. The summed E-state index contributed by atoms with van der Waals surface area (Å²) < 4.78 is 10.8. The summed E-state index contributed by atoms with van der Waals surface area (Å²) >= 11 is 0. The van der Waals surface area contributed by atoms with Crippen LogP contribution in [0.5, 0.6) is 0 Å². The van der Waals surface area contributed by atoms with Crippen molar-refractivity contribution in [3.63, 3.8) is 0 Å². The van der Waals surface area contributed by atoms with E-state index in [1.807, 2.05) is 54.6 Å². The van der Waals surface area contributed by atoms with Crippen LogP contribution in [-0.4, -0.2) is 31.3 Å². The quantitative estimate of drug-likeness (QED) is 0.299. The Balaban J connectivity index is 0.00000342. The number of nitrogens with two attached hydrogens (primary N) is 1. The van der Waals surface area contributed by atoms with E-state index in [1.54, 1.807) is 0 Å². The predicted molar refractivity (Wildman–Crippen MR) is 138 cm³/mol. The Kier molecular flexibility index (Phi) is 9.70. The summed E-state index contributed by atoms with van der Waals surface area (Å²) in [6.07, 6.45) is 1.46. The molecular formula is C28H31ClN2O4. The van der Waals surface area contributed by atoms with E-state index >= 15 is 0 Å². The summed E-state index contributed by atoms with van der Waals surface area (Å²) in [4.78, 5) is 24.3. The molecule has 4 rings (SSSR count). The minimum absolute atomic E-state index is 0. The molecule has 0 saturated heterocycles. The summed E-state index contributed by atoms with van der Waals surface area (Å²) in [6.45, 7) is 0.969. The van der Waals surface area contributed by atoms with Gasteiger partial charge in [-0.15, -0.1) is 12.4 Å². The minimum Gasteiger partial charge on any atom is -0.460 e. The van der Waals surface area contributed by atoms with Crippen molar-refractivity contribution < 1.29 is 19.1 Å². The molecule has 7 heteroatoms. The first-order valence-electron chi connectivity index (χ1n) is 11.7. The van der Waals surface area contributed by atoms with Crippen molar-refractivity contribution in [2.24, 2.45) is 5.73 Å². The first-order chi connectivity index (χ1) is 16.6. The topological polar surface area (TPSA) is 90.6 Å². The second kappa shape index (κ2) is 12.9. The molecule has 184 valence electrons. The van der Waals surface area contributed by atoms with Gasteiger partial charge in [-0.25, -0.2) is 4.79 Å². The van der Waals surface area contributed by atoms with Gasteiger partial charge >= 0.3 is 12.1 Å². The van der Waals surface area contributed by atoms with Crippen LogP contribution in [0.2, 0.25) is 0 Å². The van der Waals surface area contributed by atoms with E-state index in [2.05, 4.69) is 29.6 Å². The lowest BCUT2D eigenvalue weighted by Gasteiger charge is -2.15. The van der Waals surface area contributed by atoms with Gasteiger partial charge in [0.05, 0.1) is 0 Å². The van der Waals surface area contributed by atoms with Gasteiger partial charge in [-0.05, 0) is 47.1 Å². The normalized spacial score (nSPS) is 12.6. The van der Waals surface area contributed by atoms with Gasteiger partial charge in [0.1, 0.15) is 19.3 Å². The molecule has 3 N–H and O–H groups in total. The van der Waals surface area contributed by atoms with E-state index in [9.17, 15) is 9.59 Å². The Morgan fingerprint density at radius 3 is 2.09 bits per heavy atom. The van der Waals surface area contributed by atoms with Crippen molar-refractivity contribution in [3.8, 4) is 11.1 Å². The van der Waals surface area contributed by atoms with Crippen LogP contribution in [0.25, 0.3) is 11.1 Å². The molecule has 0 fully saturated rings. The lowest BCUT2D eigenvalue weighted by Crippen LogP contribution is -2.32. The average Bonchev–Trinajstić information content (AvgIpc) is 3.20. The maximum absolute atomic E-state index is 12.2. The summed E-state index contributed by atoms with van der Waals surface area (Å²) in [7, 11) is 0. The van der Waals surface area contributed by atoms with Crippen molar-refractivity contribution in [3.05, 3.63) is 95.6 Å². The Morgan fingerprint density at radius 1 is 0.829 bits per heavy atom. The molecule has 0 radical (unpaired) electrons. The third kappa shape index (κ3) is 6.84. The van der Waals surface area contributed by atoms with Gasteiger partial charge in [0.25, 0.3) is 0 Å². The van der Waals surface area contributed by atoms with E-state index in [0.717, 1.165) is 5.56 Å². The first kappa shape index (κ1) is 26.3. The van der Waals surface area contributed by atoms with Crippen molar-refractivity contribution in [1.82, 2.24) is 5.32 Å². The molecule has 6 nitrogen and oxygen atoms in total. The van der Waals surface area contributed by atoms with E-state index in [4.69, 9.17) is 15.2 Å². The number of carbonyl (C=O) groups is 2. The van der Waals surface area contributed by atoms with Crippen LogP contribution in [0.4, 0.5) is 4.79 Å². The molecule has 3 aromatic rings. The number of nitrogens with one attached hydrogen (secondary N) is 1. The lowest BCUT2D eigenvalue weighted by atomic mass is 9.98. The standard InChI is InChI=1S/C28H30N2O4.ClH/c29-26(27(31)33-18-20-10-2-1-3-11-20)16-8-9-17-30-28(32)34-19-25-23-14-6-4-12-21(23)22-13-5-7-15-24(22)25;/h1-7,10-15,25-26H,8-9,16-19,29H2,(H,30,32);1H/t26-;/m0./s1. The zero-order valence-corrected chi connectivity index (χ0v) is 20.3. The first-order valence-corrected chi connectivity index (χ1v) is 11.7. The highest BCUT2D eigenvalue weighted by atomic mass is 35.5. The van der Waals surface area contributed by atoms with Gasteiger partial charge in [0, 0.05) is 12.5 Å². The second-order valence-corrected chi connectivity index (χ2v) is 8.45. The number of halogens is 1. The largest absolute Gasteiger partial charge is 0.460 e. The highest BCUT2D eigenvalue weighted by Crippen LogP contribution is 2.44. The maximum Gasteiger partial charge on any atom is 0.407 e. The Bertz CT molecular complexity index is 1080. The molecule has 3 aromatic carbocycles. The number of esters is 1. The molecule has 0 aromatic heterocycles. The van der Waals surface area contributed by atoms with E-state index in [0.29, 0.717) is 25.8 Å². The minimum atomic E-state index is -0.668. The number of hydrogen-bond donors (Lipinski definition) is 2. The molecule has 0 saturated carbocycles. The van der Waals surface area contributed by atoms with Crippen LogP contribution in [0, 0.1) is 0 Å². The molecule has 0 spiro atoms. The van der Waals surface area contributed by atoms with Crippen LogP contribution >= 0.6 is 12.4 Å². The third-order valence-corrected chi connectivity index (χ3v) is 6.08. The van der Waals surface area contributed by atoms with E-state index < -0.39 is 18.1 Å². The summed E-state index contributed by atoms with van der Waals surface area (Å²) in [5.74, 6) is -0.369. The number of amides is 1. The van der Waals surface area contributed by atoms with Crippen LogP contribution < -0.4 is 11.1 Å². The molecule has 35 heavy (non-hydrogen) atoms. The smallest absolute Gasteiger partial charge is 0.407 e. The van der Waals surface area contributed by atoms with Crippen LogP contribution in [0.3, 0.4) is 0 Å². The fourth-order valence-electron chi connectivity index (χ4n) is 4.28. The predicted octanol–water partition coefficient (Wildman–Crippen LogP) is 5.19. The van der Waals surface area contributed by atoms with Gasteiger partial charge < -0.3 is 20.5 Å². The molecule has 1 atom stereocenters. The number of ether oxygens (including phenoxy) is 2. The van der Waals surface area contributed by atoms with Crippen LogP contribution in [0.1, 0.15) is 41.9 Å². The molecule has 0 unspecified atom stereocenters. The molecule has 0 aliphatic heterocycles. The maximum atomic E-state index is 12.2. The molecule has 1 aliphatic carbocycles. The van der Waals surface area contributed by atoms with Crippen molar-refractivity contribution >= 4 is 24.5 Å².